The quantitative estimate of drug-likeness (QED) is 0.638. The van der Waals surface area contributed by atoms with Gasteiger partial charge in [0.05, 0.1) is 0 Å². The smallest absolute Gasteiger partial charge is 0.338 e. The molecule has 0 saturated heterocycles. The maximum atomic E-state index is 13.2. The van der Waals surface area contributed by atoms with Gasteiger partial charge in [-0.05, 0) is 49.6 Å². The summed E-state index contributed by atoms with van der Waals surface area (Å²) in [4.78, 5) is 19.7. The molecular weight excluding hydrogens is 371 g/mol. The number of aromatic nitrogens is 3. The van der Waals surface area contributed by atoms with E-state index in [-0.39, 0.29) is 24.3 Å². The van der Waals surface area contributed by atoms with Gasteiger partial charge in [0.25, 0.3) is 0 Å². The second kappa shape index (κ2) is 7.87. The van der Waals surface area contributed by atoms with Gasteiger partial charge in [-0.1, -0.05) is 12.1 Å². The van der Waals surface area contributed by atoms with Crippen LogP contribution >= 0.6 is 0 Å². The minimum Gasteiger partial charge on any atom is -0.338 e. The molecule has 0 spiro atoms. The van der Waals surface area contributed by atoms with Crippen LogP contribution in [0, 0.1) is 13.8 Å². The summed E-state index contributed by atoms with van der Waals surface area (Å²) in [7, 11) is 0. The third kappa shape index (κ3) is 4.24. The Labute approximate surface area is 159 Å². The summed E-state index contributed by atoms with van der Waals surface area (Å²) < 4.78 is 40.8. The zero-order chi connectivity index (χ0) is 20.3. The van der Waals surface area contributed by atoms with Crippen LogP contribution < -0.4 is 10.6 Å². The van der Waals surface area contributed by atoms with E-state index < -0.39 is 18.0 Å². The van der Waals surface area contributed by atoms with Gasteiger partial charge in [0.15, 0.2) is 5.65 Å². The largest absolute Gasteiger partial charge is 0.449 e. The fourth-order valence-corrected chi connectivity index (χ4v) is 2.88. The highest BCUT2D eigenvalue weighted by atomic mass is 19.4. The standard InChI is InChI=1S/C19H20F3N5O/c1-12-6-3-7-14(13(12)2)26-18(28)24-10-5-11-27-16-15(8-4-9-23-16)25-17(27)19(20,21)22/h3-4,6-9H,5,10-11H2,1-2H3,(H2,24,26,28). The van der Waals surface area contributed by atoms with E-state index >= 15 is 0 Å². The van der Waals surface area contributed by atoms with Crippen molar-refractivity contribution < 1.29 is 18.0 Å². The summed E-state index contributed by atoms with van der Waals surface area (Å²) in [6.45, 7) is 4.09. The van der Waals surface area contributed by atoms with Gasteiger partial charge >= 0.3 is 12.2 Å². The number of carbonyl (C=O) groups excluding carboxylic acids is 1. The number of alkyl halides is 3. The molecule has 0 atom stereocenters. The average Bonchev–Trinajstić information content (AvgIpc) is 3.02. The fraction of sp³-hybridized carbons (Fsp3) is 0.316. The Kier molecular flexibility index (Phi) is 5.53. The van der Waals surface area contributed by atoms with Gasteiger partial charge in [-0.2, -0.15) is 13.2 Å². The maximum absolute atomic E-state index is 13.2. The molecule has 2 N–H and O–H groups in total. The number of imidazole rings is 1. The lowest BCUT2D eigenvalue weighted by molar-refractivity contribution is -0.147. The van der Waals surface area contributed by atoms with Crippen molar-refractivity contribution in [3.8, 4) is 0 Å². The van der Waals surface area contributed by atoms with Crippen LogP contribution in [0.4, 0.5) is 23.7 Å². The number of rotatable bonds is 5. The number of aryl methyl sites for hydroxylation is 2. The van der Waals surface area contributed by atoms with E-state index in [9.17, 15) is 18.0 Å². The Morgan fingerprint density at radius 2 is 1.96 bits per heavy atom. The minimum absolute atomic E-state index is 0.0338. The molecule has 2 heterocycles. The summed E-state index contributed by atoms with van der Waals surface area (Å²) in [5, 5.41) is 5.41. The molecule has 0 radical (unpaired) electrons. The van der Waals surface area contributed by atoms with Crippen molar-refractivity contribution in [1.82, 2.24) is 19.9 Å². The van der Waals surface area contributed by atoms with Crippen molar-refractivity contribution >= 4 is 22.9 Å². The van der Waals surface area contributed by atoms with E-state index in [0.29, 0.717) is 12.1 Å². The molecule has 0 aliphatic heterocycles. The van der Waals surface area contributed by atoms with Gasteiger partial charge in [-0.3, -0.25) is 0 Å². The van der Waals surface area contributed by atoms with E-state index in [1.165, 1.54) is 12.3 Å². The Balaban J connectivity index is 1.61. The number of urea groups is 1. The number of carbonyl (C=O) groups is 1. The summed E-state index contributed by atoms with van der Waals surface area (Å²) in [5.41, 5.74) is 3.08. The molecule has 2 aromatic heterocycles. The lowest BCUT2D eigenvalue weighted by atomic mass is 10.1. The number of hydrogen-bond acceptors (Lipinski definition) is 3. The topological polar surface area (TPSA) is 71.8 Å². The number of hydrogen-bond donors (Lipinski definition) is 2. The van der Waals surface area contributed by atoms with E-state index in [1.54, 1.807) is 12.1 Å². The number of fused-ring (bicyclic) bond motifs is 1. The highest BCUT2D eigenvalue weighted by Gasteiger charge is 2.37. The number of amides is 2. The van der Waals surface area contributed by atoms with Crippen LogP contribution in [0.2, 0.25) is 0 Å². The molecule has 0 fully saturated rings. The predicted octanol–water partition coefficient (Wildman–Crippen LogP) is 4.28. The first-order valence-electron chi connectivity index (χ1n) is 8.77. The van der Waals surface area contributed by atoms with Crippen molar-refractivity contribution in [3.05, 3.63) is 53.5 Å². The maximum Gasteiger partial charge on any atom is 0.449 e. The lowest BCUT2D eigenvalue weighted by Gasteiger charge is -2.13. The summed E-state index contributed by atoms with van der Waals surface area (Å²) in [6.07, 6.45) is -2.85. The molecule has 28 heavy (non-hydrogen) atoms. The van der Waals surface area contributed by atoms with Crippen LogP contribution in [0.15, 0.2) is 36.5 Å². The average molecular weight is 391 g/mol. The molecule has 0 saturated carbocycles. The molecular formula is C19H20F3N5O. The number of halogens is 3. The second-order valence-electron chi connectivity index (χ2n) is 6.41. The number of anilines is 1. The Morgan fingerprint density at radius 3 is 2.71 bits per heavy atom. The first-order chi connectivity index (χ1) is 13.3. The molecule has 0 bridgehead atoms. The second-order valence-corrected chi connectivity index (χ2v) is 6.41. The van der Waals surface area contributed by atoms with Gasteiger partial charge in [0.2, 0.25) is 5.82 Å². The van der Waals surface area contributed by atoms with Crippen LogP contribution in [0.3, 0.4) is 0 Å². The van der Waals surface area contributed by atoms with Gasteiger partial charge < -0.3 is 15.2 Å². The van der Waals surface area contributed by atoms with Gasteiger partial charge in [0.1, 0.15) is 5.52 Å². The van der Waals surface area contributed by atoms with E-state index in [4.69, 9.17) is 0 Å². The number of benzene rings is 1. The molecule has 1 aromatic carbocycles. The van der Waals surface area contributed by atoms with Crippen molar-refractivity contribution in [2.24, 2.45) is 0 Å². The monoisotopic (exact) mass is 391 g/mol. The first-order valence-corrected chi connectivity index (χ1v) is 8.77. The highest BCUT2D eigenvalue weighted by molar-refractivity contribution is 5.90. The summed E-state index contributed by atoms with van der Waals surface area (Å²) >= 11 is 0. The predicted molar refractivity (Wildman–Crippen MR) is 100 cm³/mol. The van der Waals surface area contributed by atoms with Crippen molar-refractivity contribution in [2.45, 2.75) is 33.0 Å². The number of nitrogens with zero attached hydrogens (tertiary/aromatic N) is 3. The zero-order valence-electron chi connectivity index (χ0n) is 15.5. The SMILES string of the molecule is Cc1cccc(NC(=O)NCCCn2c(C(F)(F)F)nc3cccnc32)c1C. The van der Waals surface area contributed by atoms with E-state index in [2.05, 4.69) is 20.6 Å². The van der Waals surface area contributed by atoms with Crippen LogP contribution in [0.5, 0.6) is 0 Å². The molecule has 3 rings (SSSR count). The van der Waals surface area contributed by atoms with Gasteiger partial charge in [-0.25, -0.2) is 14.8 Å². The van der Waals surface area contributed by atoms with Crippen molar-refractivity contribution in [3.63, 3.8) is 0 Å². The number of nitrogens with one attached hydrogen (secondary N) is 2. The Morgan fingerprint density at radius 1 is 1.18 bits per heavy atom. The van der Waals surface area contributed by atoms with E-state index in [1.807, 2.05) is 26.0 Å². The molecule has 148 valence electrons. The third-order valence-electron chi connectivity index (χ3n) is 4.45. The van der Waals surface area contributed by atoms with Crippen LogP contribution in [-0.4, -0.2) is 27.1 Å². The molecule has 0 aliphatic carbocycles. The molecule has 6 nitrogen and oxygen atoms in total. The molecule has 0 unspecified atom stereocenters. The van der Waals surface area contributed by atoms with Crippen molar-refractivity contribution in [2.75, 3.05) is 11.9 Å². The molecule has 2 amide bonds. The lowest BCUT2D eigenvalue weighted by Crippen LogP contribution is -2.30. The van der Waals surface area contributed by atoms with Crippen LogP contribution in [-0.2, 0) is 12.7 Å². The summed E-state index contributed by atoms with van der Waals surface area (Å²) in [6, 6.07) is 8.20. The normalized spacial score (nSPS) is 11.6. The Bertz CT molecular complexity index is 997. The van der Waals surface area contributed by atoms with E-state index in [0.717, 1.165) is 15.7 Å². The van der Waals surface area contributed by atoms with Crippen LogP contribution in [0.25, 0.3) is 11.2 Å². The first kappa shape index (κ1) is 19.7. The minimum atomic E-state index is -4.58. The van der Waals surface area contributed by atoms with Crippen LogP contribution in [0.1, 0.15) is 23.4 Å². The third-order valence-corrected chi connectivity index (χ3v) is 4.45. The fourth-order valence-electron chi connectivity index (χ4n) is 2.88. The van der Waals surface area contributed by atoms with Gasteiger partial charge in [0, 0.05) is 25.0 Å². The van der Waals surface area contributed by atoms with Crippen molar-refractivity contribution in [1.29, 1.82) is 0 Å². The van der Waals surface area contributed by atoms with Gasteiger partial charge in [-0.15, -0.1) is 0 Å². The summed E-state index contributed by atoms with van der Waals surface area (Å²) in [5.74, 6) is -0.985. The zero-order valence-corrected chi connectivity index (χ0v) is 15.5. The Hall–Kier alpha value is -3.10. The molecule has 0 aliphatic rings. The molecule has 3 aromatic rings. The number of pyridine rings is 1. The highest BCUT2D eigenvalue weighted by Crippen LogP contribution is 2.30. The molecule has 9 heteroatoms.